The van der Waals surface area contributed by atoms with Crippen molar-refractivity contribution in [2.45, 2.75) is 40.0 Å². The molecule has 3 nitrogen and oxygen atoms in total. The average molecular weight is 385 g/mol. The van der Waals surface area contributed by atoms with Gasteiger partial charge in [-0.15, -0.1) is 5.19 Å². The van der Waals surface area contributed by atoms with E-state index in [-0.39, 0.29) is 26.2 Å². The Hall–Kier alpha value is 0.260. The van der Waals surface area contributed by atoms with Crippen molar-refractivity contribution < 1.29 is 45.6 Å². The Bertz CT molecular complexity index is 197. The molecule has 0 saturated heterocycles. The molecule has 0 fully saturated rings. The van der Waals surface area contributed by atoms with Gasteiger partial charge in [-0.3, -0.25) is 0 Å². The van der Waals surface area contributed by atoms with Crippen molar-refractivity contribution in [1.29, 1.82) is 0 Å². The second-order valence-electron chi connectivity index (χ2n) is 3.60. The Kier molecular flexibility index (Phi) is 44.9. The molecule has 0 unspecified atom stereocenters. The number of aliphatic hydroxyl groups is 3. The van der Waals surface area contributed by atoms with Gasteiger partial charge in [0.05, 0.1) is 0 Å². The van der Waals surface area contributed by atoms with Gasteiger partial charge >= 0.3 is 0 Å². The average Bonchev–Trinajstić information content (AvgIpc) is 3.01. The summed E-state index contributed by atoms with van der Waals surface area (Å²) in [4.78, 5) is 0. The number of hydrogen-bond donors (Lipinski definition) is 3. The second kappa shape index (κ2) is 31.6. The molecule has 0 saturated carbocycles. The summed E-state index contributed by atoms with van der Waals surface area (Å²) in [6, 6.07) is 7.38. The van der Waals surface area contributed by atoms with Crippen molar-refractivity contribution in [2.24, 2.45) is 0 Å². The molecule has 20 heavy (non-hydrogen) atoms. The molecular formula is C14H30FO3SiZr-. The summed E-state index contributed by atoms with van der Waals surface area (Å²) < 4.78 is 11.7. The molecule has 0 aliphatic rings. The first kappa shape index (κ1) is 28.4. The van der Waals surface area contributed by atoms with E-state index in [0.29, 0.717) is 19.8 Å². The standard InChI is InChI=1S/C5H6FSi.3C3H8O.Zr/c6-7-5-3-1-2-4-5;3*1-2-3-4;/h1-4H,7H2;3*4H,2-3H2,1H3;/q-1;;;;. The summed E-state index contributed by atoms with van der Waals surface area (Å²) in [5, 5.41) is 24.5. The third-order valence-corrected chi connectivity index (χ3v) is 2.34. The third kappa shape index (κ3) is 36.2. The first-order chi connectivity index (χ1) is 9.17. The molecule has 6 heteroatoms. The summed E-state index contributed by atoms with van der Waals surface area (Å²) in [7, 11) is -1.37. The molecule has 1 aromatic carbocycles. The van der Waals surface area contributed by atoms with Crippen molar-refractivity contribution in [3.63, 3.8) is 0 Å². The summed E-state index contributed by atoms with van der Waals surface area (Å²) in [5.41, 5.74) is 0. The molecule has 0 aromatic heterocycles. The molecule has 0 radical (unpaired) electrons. The molecule has 0 aliphatic heterocycles. The SMILES string of the molecule is CCCO.CCCO.CCCO.F[SiH2][c-]1cccc1.[Zr]. The van der Waals surface area contributed by atoms with E-state index in [1.165, 1.54) is 0 Å². The van der Waals surface area contributed by atoms with E-state index in [0.717, 1.165) is 24.4 Å². The molecule has 3 N–H and O–H groups in total. The molecule has 0 bridgehead atoms. The van der Waals surface area contributed by atoms with Gasteiger partial charge in [0, 0.05) is 46.0 Å². The van der Waals surface area contributed by atoms with E-state index in [2.05, 4.69) is 0 Å². The number of hydrogen-bond acceptors (Lipinski definition) is 3. The minimum atomic E-state index is -1.37. The van der Waals surface area contributed by atoms with E-state index >= 15 is 0 Å². The summed E-state index contributed by atoms with van der Waals surface area (Å²) in [5.74, 6) is 0. The Morgan fingerprint density at radius 3 is 1.20 bits per heavy atom. The Labute approximate surface area is 144 Å². The quantitative estimate of drug-likeness (QED) is 0.416. The van der Waals surface area contributed by atoms with Gasteiger partial charge in [-0.25, -0.2) is 12.1 Å². The molecule has 1 aromatic rings. The van der Waals surface area contributed by atoms with E-state index in [4.69, 9.17) is 15.3 Å². The van der Waals surface area contributed by atoms with Gasteiger partial charge in [-0.1, -0.05) is 20.8 Å². The van der Waals surface area contributed by atoms with Crippen LogP contribution in [0.1, 0.15) is 40.0 Å². The zero-order chi connectivity index (χ0) is 15.4. The zero-order valence-electron chi connectivity index (χ0n) is 13.0. The minimum absolute atomic E-state index is 0. The zero-order valence-corrected chi connectivity index (χ0v) is 16.9. The van der Waals surface area contributed by atoms with Crippen molar-refractivity contribution in [3.05, 3.63) is 24.3 Å². The van der Waals surface area contributed by atoms with Crippen LogP contribution in [0.25, 0.3) is 0 Å². The van der Waals surface area contributed by atoms with Crippen LogP contribution in [0.4, 0.5) is 4.11 Å². The molecule has 0 amide bonds. The number of aliphatic hydroxyl groups excluding tert-OH is 3. The molecule has 0 atom stereocenters. The van der Waals surface area contributed by atoms with Crippen molar-refractivity contribution in [2.75, 3.05) is 19.8 Å². The third-order valence-electron chi connectivity index (χ3n) is 1.56. The Morgan fingerprint density at radius 2 is 1.10 bits per heavy atom. The van der Waals surface area contributed by atoms with Gasteiger partial charge in [-0.05, 0) is 19.3 Å². The van der Waals surface area contributed by atoms with Crippen LogP contribution in [0.3, 0.4) is 0 Å². The topological polar surface area (TPSA) is 60.7 Å². The van der Waals surface area contributed by atoms with Crippen LogP contribution in [0, 0.1) is 0 Å². The van der Waals surface area contributed by atoms with E-state index in [1.807, 2.05) is 45.0 Å². The van der Waals surface area contributed by atoms with Crippen molar-refractivity contribution in [1.82, 2.24) is 0 Å². The Balaban J connectivity index is -0.0000000881. The van der Waals surface area contributed by atoms with Crippen LogP contribution in [-0.2, 0) is 26.2 Å². The maximum Gasteiger partial charge on any atom is 0.189 e. The van der Waals surface area contributed by atoms with E-state index in [9.17, 15) is 4.11 Å². The first-order valence-electron chi connectivity index (χ1n) is 6.77. The van der Waals surface area contributed by atoms with Crippen LogP contribution < -0.4 is 5.19 Å². The second-order valence-corrected chi connectivity index (χ2v) is 4.68. The predicted octanol–water partition coefficient (Wildman–Crippen LogP) is 1.25. The van der Waals surface area contributed by atoms with E-state index < -0.39 is 9.85 Å². The van der Waals surface area contributed by atoms with Gasteiger partial charge in [0.25, 0.3) is 0 Å². The van der Waals surface area contributed by atoms with Gasteiger partial charge in [0.1, 0.15) is 0 Å². The monoisotopic (exact) mass is 383 g/mol. The maximum atomic E-state index is 11.7. The van der Waals surface area contributed by atoms with Crippen LogP contribution in [0.2, 0.25) is 0 Å². The predicted molar refractivity (Wildman–Crippen MR) is 83.5 cm³/mol. The van der Waals surface area contributed by atoms with E-state index in [1.54, 1.807) is 0 Å². The van der Waals surface area contributed by atoms with Gasteiger partial charge < -0.3 is 19.4 Å². The van der Waals surface area contributed by atoms with Crippen molar-refractivity contribution >= 4 is 15.0 Å². The first-order valence-corrected chi connectivity index (χ1v) is 8.01. The maximum absolute atomic E-state index is 11.7. The van der Waals surface area contributed by atoms with Crippen LogP contribution in [0.5, 0.6) is 0 Å². The fourth-order valence-electron chi connectivity index (χ4n) is 0.503. The number of rotatable bonds is 4. The fraction of sp³-hybridized carbons (Fsp3) is 0.643. The normalized spacial score (nSPS) is 8.35. The van der Waals surface area contributed by atoms with Crippen LogP contribution in [0.15, 0.2) is 24.3 Å². The summed E-state index contributed by atoms with van der Waals surface area (Å²) in [6.07, 6.45) is 2.62. The van der Waals surface area contributed by atoms with Gasteiger partial charge in [0.2, 0.25) is 0 Å². The van der Waals surface area contributed by atoms with Gasteiger partial charge in [0.15, 0.2) is 9.85 Å². The minimum Gasteiger partial charge on any atom is -0.396 e. The van der Waals surface area contributed by atoms with Crippen molar-refractivity contribution in [3.8, 4) is 0 Å². The summed E-state index contributed by atoms with van der Waals surface area (Å²) >= 11 is 0. The molecular weight excluding hydrogens is 354 g/mol. The van der Waals surface area contributed by atoms with Crippen LogP contribution in [-0.4, -0.2) is 45.0 Å². The van der Waals surface area contributed by atoms with Crippen LogP contribution >= 0.6 is 0 Å². The molecule has 0 spiro atoms. The largest absolute Gasteiger partial charge is 0.396 e. The fourth-order valence-corrected chi connectivity index (χ4v) is 0.953. The molecule has 0 aliphatic carbocycles. The van der Waals surface area contributed by atoms with Gasteiger partial charge in [-0.2, -0.15) is 12.1 Å². The molecule has 1 rings (SSSR count). The smallest absolute Gasteiger partial charge is 0.189 e. The molecule has 120 valence electrons. The summed E-state index contributed by atoms with van der Waals surface area (Å²) in [6.45, 7) is 6.75. The Morgan fingerprint density at radius 1 is 0.850 bits per heavy atom. The number of halogens is 1. The molecule has 0 heterocycles.